The van der Waals surface area contributed by atoms with Crippen LogP contribution in [0.3, 0.4) is 0 Å². The number of thiazole rings is 1. The topological polar surface area (TPSA) is 124 Å². The summed E-state index contributed by atoms with van der Waals surface area (Å²) in [6.07, 6.45) is 1.90. The van der Waals surface area contributed by atoms with Gasteiger partial charge in [-0.25, -0.2) is 9.78 Å². The predicted octanol–water partition coefficient (Wildman–Crippen LogP) is 5.45. The van der Waals surface area contributed by atoms with Gasteiger partial charge in [-0.2, -0.15) is 0 Å². The van der Waals surface area contributed by atoms with Gasteiger partial charge in [0.05, 0.1) is 44.7 Å². The third-order valence-electron chi connectivity index (χ3n) is 6.51. The number of hydrogen-bond acceptors (Lipinski definition) is 10. The molecule has 1 amide bonds. The van der Waals surface area contributed by atoms with Gasteiger partial charge in [-0.05, 0) is 62.2 Å². The molecule has 1 atom stereocenters. The first-order chi connectivity index (χ1) is 19.7. The van der Waals surface area contributed by atoms with E-state index >= 15 is 0 Å². The molecule has 2 aromatic carbocycles. The molecule has 1 aromatic heterocycles. The lowest BCUT2D eigenvalue weighted by molar-refractivity contribution is -0.132. The van der Waals surface area contributed by atoms with Gasteiger partial charge in [-0.15, -0.1) is 0 Å². The van der Waals surface area contributed by atoms with Gasteiger partial charge in [-0.1, -0.05) is 30.7 Å². The molecular weight excluding hydrogens is 548 g/mol. The molecule has 0 radical (unpaired) electrons. The van der Waals surface area contributed by atoms with Crippen molar-refractivity contribution in [2.75, 3.05) is 32.3 Å². The molecular formula is C30H32N2O8S. The van der Waals surface area contributed by atoms with Crippen LogP contribution in [0.25, 0.3) is 5.76 Å². The zero-order valence-electron chi connectivity index (χ0n) is 23.6. The highest BCUT2D eigenvalue weighted by atomic mass is 32.1. The maximum atomic E-state index is 13.5. The second-order valence-electron chi connectivity index (χ2n) is 9.14. The molecule has 11 heteroatoms. The van der Waals surface area contributed by atoms with Gasteiger partial charge >= 0.3 is 11.9 Å². The number of unbranched alkanes of at least 4 members (excludes halogenated alkanes) is 1. The van der Waals surface area contributed by atoms with E-state index in [9.17, 15) is 19.5 Å². The van der Waals surface area contributed by atoms with E-state index in [4.69, 9.17) is 18.9 Å². The van der Waals surface area contributed by atoms with Crippen molar-refractivity contribution in [3.8, 4) is 17.2 Å². The minimum Gasteiger partial charge on any atom is -0.507 e. The van der Waals surface area contributed by atoms with Gasteiger partial charge in [0.2, 0.25) is 0 Å². The predicted molar refractivity (Wildman–Crippen MR) is 154 cm³/mol. The van der Waals surface area contributed by atoms with Crippen molar-refractivity contribution < 1.29 is 38.4 Å². The Morgan fingerprint density at radius 2 is 1.76 bits per heavy atom. The molecule has 1 unspecified atom stereocenters. The number of anilines is 1. The molecule has 41 heavy (non-hydrogen) atoms. The molecule has 1 aliphatic heterocycles. The average molecular weight is 581 g/mol. The summed E-state index contributed by atoms with van der Waals surface area (Å²) in [4.78, 5) is 45.4. The maximum absolute atomic E-state index is 13.5. The molecule has 4 rings (SSSR count). The smallest absolute Gasteiger partial charge is 0.350 e. The summed E-state index contributed by atoms with van der Waals surface area (Å²) in [6.45, 7) is 6.11. The highest BCUT2D eigenvalue weighted by Crippen LogP contribution is 2.45. The molecule has 1 fully saturated rings. The number of hydrogen-bond donors (Lipinski definition) is 1. The molecule has 1 aliphatic rings. The summed E-state index contributed by atoms with van der Waals surface area (Å²) in [7, 11) is 2.97. The monoisotopic (exact) mass is 580 g/mol. The third-order valence-corrected chi connectivity index (χ3v) is 7.65. The number of Topliss-reactive ketones (excluding diaryl/α,β-unsaturated/α-hetero) is 1. The Balaban J connectivity index is 1.86. The number of benzene rings is 2. The largest absolute Gasteiger partial charge is 0.507 e. The second kappa shape index (κ2) is 12.9. The number of aliphatic hydroxyl groups excluding tert-OH is 1. The number of aromatic nitrogens is 1. The first-order valence-corrected chi connectivity index (χ1v) is 14.0. The SMILES string of the molecule is CCCCOc1ccc(/C(O)=C2\C(=O)C(=O)N(c3nc(C)c(C(=O)OCC)s3)C2c2ccc(OC)c(OC)c2)cc1. The molecule has 1 saturated heterocycles. The van der Waals surface area contributed by atoms with Gasteiger partial charge < -0.3 is 24.1 Å². The van der Waals surface area contributed by atoms with Crippen LogP contribution in [0.1, 0.15) is 59.2 Å². The molecule has 0 saturated carbocycles. The molecule has 0 bridgehead atoms. The van der Waals surface area contributed by atoms with E-state index in [1.165, 1.54) is 19.1 Å². The van der Waals surface area contributed by atoms with Gasteiger partial charge in [0.15, 0.2) is 16.6 Å². The molecule has 0 spiro atoms. The van der Waals surface area contributed by atoms with Crippen LogP contribution in [0.4, 0.5) is 5.13 Å². The van der Waals surface area contributed by atoms with E-state index in [2.05, 4.69) is 11.9 Å². The molecule has 10 nitrogen and oxygen atoms in total. The average Bonchev–Trinajstić information content (AvgIpc) is 3.49. The fourth-order valence-electron chi connectivity index (χ4n) is 4.44. The van der Waals surface area contributed by atoms with Crippen molar-refractivity contribution in [1.82, 2.24) is 4.98 Å². The van der Waals surface area contributed by atoms with Crippen molar-refractivity contribution >= 4 is 39.9 Å². The van der Waals surface area contributed by atoms with Crippen LogP contribution < -0.4 is 19.1 Å². The second-order valence-corrected chi connectivity index (χ2v) is 10.1. The molecule has 1 N–H and O–H groups in total. The van der Waals surface area contributed by atoms with Gasteiger partial charge in [0.25, 0.3) is 5.78 Å². The highest BCUT2D eigenvalue weighted by Gasteiger charge is 2.48. The number of nitrogens with zero attached hydrogens (tertiary/aromatic N) is 2. The van der Waals surface area contributed by atoms with E-state index in [0.717, 1.165) is 24.2 Å². The lowest BCUT2D eigenvalue weighted by Gasteiger charge is -2.23. The summed E-state index contributed by atoms with van der Waals surface area (Å²) in [5, 5.41) is 11.6. The van der Waals surface area contributed by atoms with E-state index in [0.29, 0.717) is 40.7 Å². The van der Waals surface area contributed by atoms with Crippen LogP contribution in [0.2, 0.25) is 0 Å². The van der Waals surface area contributed by atoms with Crippen LogP contribution in [0.5, 0.6) is 17.2 Å². The first kappa shape index (κ1) is 29.6. The van der Waals surface area contributed by atoms with Crippen molar-refractivity contribution in [2.24, 2.45) is 0 Å². The summed E-state index contributed by atoms with van der Waals surface area (Å²) >= 11 is 0.938. The zero-order chi connectivity index (χ0) is 29.7. The van der Waals surface area contributed by atoms with Crippen molar-refractivity contribution in [2.45, 2.75) is 39.7 Å². The zero-order valence-corrected chi connectivity index (χ0v) is 24.4. The molecule has 3 aromatic rings. The lowest BCUT2D eigenvalue weighted by Crippen LogP contribution is -2.29. The minimum atomic E-state index is -1.07. The van der Waals surface area contributed by atoms with E-state index in [1.807, 2.05) is 0 Å². The summed E-state index contributed by atoms with van der Waals surface area (Å²) in [6, 6.07) is 10.5. The van der Waals surface area contributed by atoms with E-state index < -0.39 is 23.7 Å². The number of esters is 1. The number of carbonyl (C=O) groups is 3. The molecule has 216 valence electrons. The Morgan fingerprint density at radius 1 is 1.05 bits per heavy atom. The van der Waals surface area contributed by atoms with Crippen LogP contribution in [0, 0.1) is 6.92 Å². The number of ether oxygens (including phenoxy) is 4. The fourth-order valence-corrected chi connectivity index (χ4v) is 5.43. The summed E-state index contributed by atoms with van der Waals surface area (Å²) in [5.74, 6) is -1.28. The number of ketones is 1. The van der Waals surface area contributed by atoms with Gasteiger partial charge in [-0.3, -0.25) is 14.5 Å². The number of aryl methyl sites for hydroxylation is 1. The standard InChI is InChI=1S/C30H32N2O8S/c1-6-8-15-40-20-12-9-18(10-13-20)25(33)23-24(19-11-14-21(37-4)22(16-19)38-5)32(28(35)26(23)34)30-31-17(3)27(41-30)29(36)39-7-2/h9-14,16,24,33H,6-8,15H2,1-5H3/b25-23+. The molecule has 0 aliphatic carbocycles. The Kier molecular flexibility index (Phi) is 9.28. The minimum absolute atomic E-state index is 0.117. The number of rotatable bonds is 11. The Labute approximate surface area is 242 Å². The van der Waals surface area contributed by atoms with Crippen LogP contribution in [-0.4, -0.2) is 55.2 Å². The van der Waals surface area contributed by atoms with E-state index in [1.54, 1.807) is 56.3 Å². The number of aliphatic hydroxyl groups is 1. The van der Waals surface area contributed by atoms with Crippen molar-refractivity contribution in [3.05, 3.63) is 69.7 Å². The summed E-state index contributed by atoms with van der Waals surface area (Å²) < 4.78 is 21.7. The van der Waals surface area contributed by atoms with Gasteiger partial charge in [0, 0.05) is 5.56 Å². The van der Waals surface area contributed by atoms with Crippen LogP contribution >= 0.6 is 11.3 Å². The Bertz CT molecular complexity index is 1480. The van der Waals surface area contributed by atoms with Crippen molar-refractivity contribution in [1.29, 1.82) is 0 Å². The quantitative estimate of drug-likeness (QED) is 0.104. The highest BCUT2D eigenvalue weighted by molar-refractivity contribution is 7.17. The van der Waals surface area contributed by atoms with Gasteiger partial charge in [0.1, 0.15) is 16.4 Å². The Hall–Kier alpha value is -4.38. The van der Waals surface area contributed by atoms with Crippen LogP contribution in [-0.2, 0) is 14.3 Å². The molecule has 2 heterocycles. The third kappa shape index (κ3) is 5.90. The lowest BCUT2D eigenvalue weighted by atomic mass is 9.95. The fraction of sp³-hybridized carbons (Fsp3) is 0.333. The van der Waals surface area contributed by atoms with Crippen molar-refractivity contribution in [3.63, 3.8) is 0 Å². The maximum Gasteiger partial charge on any atom is 0.350 e. The normalized spacial score (nSPS) is 16.1. The number of carbonyl (C=O) groups excluding carboxylic acids is 3. The summed E-state index contributed by atoms with van der Waals surface area (Å²) in [5.41, 5.74) is 1.02. The first-order valence-electron chi connectivity index (χ1n) is 13.2. The van der Waals surface area contributed by atoms with E-state index in [-0.39, 0.29) is 27.9 Å². The number of amides is 1. The number of methoxy groups -OCH3 is 2. The van der Waals surface area contributed by atoms with Crippen LogP contribution in [0.15, 0.2) is 48.0 Å². The Morgan fingerprint density at radius 3 is 2.39 bits per heavy atom.